The number of aliphatic hydroxyl groups is 1. The van der Waals surface area contributed by atoms with E-state index in [0.29, 0.717) is 18.3 Å². The summed E-state index contributed by atoms with van der Waals surface area (Å²) in [6.07, 6.45) is 0.666. The average molecular weight is 174 g/mol. The highest BCUT2D eigenvalue weighted by Gasteiger charge is 2.52. The van der Waals surface area contributed by atoms with Gasteiger partial charge in [-0.1, -0.05) is 20.8 Å². The molecule has 1 rings (SSSR count). The van der Waals surface area contributed by atoms with Crippen molar-refractivity contribution in [2.75, 3.05) is 6.61 Å². The van der Waals surface area contributed by atoms with E-state index in [-0.39, 0.29) is 6.61 Å². The van der Waals surface area contributed by atoms with E-state index in [1.807, 2.05) is 6.92 Å². The monoisotopic (exact) mass is 174 g/mol. The molecule has 0 aromatic rings. The number of rotatable bonds is 3. The predicted octanol–water partition coefficient (Wildman–Crippen LogP) is 2.39. The molecule has 1 aliphatic carbocycles. The zero-order valence-corrected chi connectivity index (χ0v) is 8.18. The maximum atomic E-state index is 13.3. The molecule has 0 aliphatic heterocycles. The fourth-order valence-corrected chi connectivity index (χ4v) is 2.34. The Morgan fingerprint density at radius 1 is 1.58 bits per heavy atom. The molecule has 0 spiro atoms. The summed E-state index contributed by atoms with van der Waals surface area (Å²) in [4.78, 5) is 0. The third-order valence-corrected chi connectivity index (χ3v) is 3.25. The molecule has 0 aromatic carbocycles. The molecule has 0 bridgehead atoms. The van der Waals surface area contributed by atoms with E-state index in [9.17, 15) is 9.50 Å². The van der Waals surface area contributed by atoms with Gasteiger partial charge in [0.2, 0.25) is 0 Å². The van der Waals surface area contributed by atoms with Crippen LogP contribution in [0.2, 0.25) is 0 Å². The van der Waals surface area contributed by atoms with Gasteiger partial charge in [0.1, 0.15) is 6.17 Å². The Hall–Kier alpha value is -0.110. The van der Waals surface area contributed by atoms with Crippen LogP contribution in [0.3, 0.4) is 0 Å². The molecule has 3 atom stereocenters. The van der Waals surface area contributed by atoms with Gasteiger partial charge in [0.05, 0.1) is 6.61 Å². The predicted molar refractivity (Wildman–Crippen MR) is 47.7 cm³/mol. The lowest BCUT2D eigenvalue weighted by molar-refractivity contribution is -0.112. The minimum Gasteiger partial charge on any atom is -0.396 e. The molecule has 2 heteroatoms. The second kappa shape index (κ2) is 3.33. The van der Waals surface area contributed by atoms with Crippen molar-refractivity contribution in [1.82, 2.24) is 0 Å². The molecular formula is C10H19FO. The van der Waals surface area contributed by atoms with Gasteiger partial charge in [0, 0.05) is 5.41 Å². The molecule has 1 nitrogen and oxygen atoms in total. The zero-order valence-electron chi connectivity index (χ0n) is 8.18. The zero-order chi connectivity index (χ0) is 9.35. The van der Waals surface area contributed by atoms with Crippen LogP contribution in [0.4, 0.5) is 4.39 Å². The minimum atomic E-state index is -0.778. The summed E-state index contributed by atoms with van der Waals surface area (Å²) >= 11 is 0. The lowest BCUT2D eigenvalue weighted by atomic mass is 9.56. The van der Waals surface area contributed by atoms with E-state index in [1.54, 1.807) is 0 Å². The van der Waals surface area contributed by atoms with Crippen molar-refractivity contribution in [3.63, 3.8) is 0 Å². The van der Waals surface area contributed by atoms with E-state index in [4.69, 9.17) is 0 Å². The summed E-state index contributed by atoms with van der Waals surface area (Å²) in [5.74, 6) is 0.818. The van der Waals surface area contributed by atoms with Crippen LogP contribution in [0.15, 0.2) is 0 Å². The van der Waals surface area contributed by atoms with Gasteiger partial charge in [-0.3, -0.25) is 0 Å². The standard InChI is InChI=1S/C10H19FO/c1-7(2)5-10(6-12)8(3)4-9(10)11/h7-9,12H,4-6H2,1-3H3. The highest BCUT2D eigenvalue weighted by atomic mass is 19.1. The maximum Gasteiger partial charge on any atom is 0.108 e. The molecule has 1 saturated carbocycles. The molecule has 3 unspecified atom stereocenters. The Kier molecular flexibility index (Phi) is 2.77. The van der Waals surface area contributed by atoms with Crippen LogP contribution in [0.5, 0.6) is 0 Å². The smallest absolute Gasteiger partial charge is 0.108 e. The first-order valence-electron chi connectivity index (χ1n) is 4.78. The molecule has 0 aromatic heterocycles. The van der Waals surface area contributed by atoms with Gasteiger partial charge in [-0.2, -0.15) is 0 Å². The second-order valence-electron chi connectivity index (χ2n) is 4.59. The van der Waals surface area contributed by atoms with Gasteiger partial charge in [-0.15, -0.1) is 0 Å². The van der Waals surface area contributed by atoms with E-state index in [0.717, 1.165) is 6.42 Å². The summed E-state index contributed by atoms with van der Waals surface area (Å²) in [6, 6.07) is 0. The van der Waals surface area contributed by atoms with Crippen molar-refractivity contribution in [1.29, 1.82) is 0 Å². The first-order chi connectivity index (χ1) is 5.53. The Labute approximate surface area is 74.0 Å². The molecule has 0 radical (unpaired) electrons. The number of alkyl halides is 1. The third-order valence-electron chi connectivity index (χ3n) is 3.25. The summed E-state index contributed by atoms with van der Waals surface area (Å²) < 4.78 is 13.3. The molecule has 12 heavy (non-hydrogen) atoms. The van der Waals surface area contributed by atoms with E-state index < -0.39 is 11.6 Å². The SMILES string of the molecule is CC(C)CC1(CO)C(C)CC1F. The third kappa shape index (κ3) is 1.37. The Morgan fingerprint density at radius 2 is 2.17 bits per heavy atom. The fourth-order valence-electron chi connectivity index (χ4n) is 2.34. The number of hydrogen-bond acceptors (Lipinski definition) is 1. The lowest BCUT2D eigenvalue weighted by Gasteiger charge is -2.51. The summed E-state index contributed by atoms with van der Waals surface area (Å²) in [7, 11) is 0. The van der Waals surface area contributed by atoms with Crippen LogP contribution in [0.25, 0.3) is 0 Å². The molecule has 1 fully saturated rings. The first-order valence-corrected chi connectivity index (χ1v) is 4.78. The topological polar surface area (TPSA) is 20.2 Å². The van der Waals surface area contributed by atoms with Gasteiger partial charge in [0.15, 0.2) is 0 Å². The van der Waals surface area contributed by atoms with Crippen molar-refractivity contribution in [2.24, 2.45) is 17.3 Å². The van der Waals surface area contributed by atoms with E-state index >= 15 is 0 Å². The van der Waals surface area contributed by atoms with Crippen LogP contribution in [-0.2, 0) is 0 Å². The lowest BCUT2D eigenvalue weighted by Crippen LogP contribution is -2.53. The van der Waals surface area contributed by atoms with Crippen LogP contribution < -0.4 is 0 Å². The van der Waals surface area contributed by atoms with Crippen molar-refractivity contribution < 1.29 is 9.50 Å². The molecule has 1 N–H and O–H groups in total. The van der Waals surface area contributed by atoms with Gasteiger partial charge in [0.25, 0.3) is 0 Å². The molecule has 0 heterocycles. The van der Waals surface area contributed by atoms with Gasteiger partial charge >= 0.3 is 0 Å². The normalized spacial score (nSPS) is 41.5. The van der Waals surface area contributed by atoms with E-state index in [1.165, 1.54) is 0 Å². The highest BCUT2D eigenvalue weighted by molar-refractivity contribution is 5.01. The second-order valence-corrected chi connectivity index (χ2v) is 4.59. The van der Waals surface area contributed by atoms with Crippen molar-refractivity contribution >= 4 is 0 Å². The first kappa shape index (κ1) is 9.97. The van der Waals surface area contributed by atoms with Crippen molar-refractivity contribution in [2.45, 2.75) is 39.8 Å². The Bertz CT molecular complexity index is 148. The van der Waals surface area contributed by atoms with Gasteiger partial charge in [-0.25, -0.2) is 4.39 Å². The number of halogens is 1. The Balaban J connectivity index is 2.62. The summed E-state index contributed by atoms with van der Waals surface area (Å²) in [6.45, 7) is 6.20. The molecule has 0 amide bonds. The highest BCUT2D eigenvalue weighted by Crippen LogP contribution is 2.52. The van der Waals surface area contributed by atoms with Crippen LogP contribution in [-0.4, -0.2) is 17.9 Å². The average Bonchev–Trinajstić information content (AvgIpc) is 2.00. The molecule has 1 aliphatic rings. The van der Waals surface area contributed by atoms with Crippen LogP contribution in [0, 0.1) is 17.3 Å². The number of aliphatic hydroxyl groups excluding tert-OH is 1. The van der Waals surface area contributed by atoms with Crippen molar-refractivity contribution in [3.8, 4) is 0 Å². The van der Waals surface area contributed by atoms with Gasteiger partial charge in [-0.05, 0) is 24.7 Å². The maximum absolute atomic E-state index is 13.3. The van der Waals surface area contributed by atoms with Crippen molar-refractivity contribution in [3.05, 3.63) is 0 Å². The molecule has 0 saturated heterocycles. The van der Waals surface area contributed by atoms with Gasteiger partial charge < -0.3 is 5.11 Å². The largest absolute Gasteiger partial charge is 0.396 e. The van der Waals surface area contributed by atoms with E-state index in [2.05, 4.69) is 13.8 Å². The number of hydrogen-bond donors (Lipinski definition) is 1. The summed E-state index contributed by atoms with van der Waals surface area (Å²) in [5.41, 5.74) is -0.409. The Morgan fingerprint density at radius 3 is 2.33 bits per heavy atom. The fraction of sp³-hybridized carbons (Fsp3) is 1.00. The quantitative estimate of drug-likeness (QED) is 0.696. The summed E-state index contributed by atoms with van der Waals surface area (Å²) in [5, 5.41) is 9.19. The molecular weight excluding hydrogens is 155 g/mol. The van der Waals surface area contributed by atoms with Crippen LogP contribution in [0.1, 0.15) is 33.6 Å². The minimum absolute atomic E-state index is 0.00745. The molecule has 72 valence electrons. The van der Waals surface area contributed by atoms with Crippen LogP contribution >= 0.6 is 0 Å².